The monoisotopic (exact) mass is 715 g/mol. The van der Waals surface area contributed by atoms with Gasteiger partial charge in [0.1, 0.15) is 36.1 Å². The molecule has 6 N–H and O–H groups in total. The van der Waals surface area contributed by atoms with Crippen LogP contribution in [0.2, 0.25) is 0 Å². The first kappa shape index (κ1) is 38.6. The van der Waals surface area contributed by atoms with Crippen molar-refractivity contribution in [2.75, 3.05) is 13.2 Å². The lowest BCUT2D eigenvalue weighted by atomic mass is 9.44. The third-order valence-corrected chi connectivity index (χ3v) is 11.8. The summed E-state index contributed by atoms with van der Waals surface area (Å²) >= 11 is 0. The number of hydrogen-bond acceptors (Lipinski definition) is 13. The number of nitrogens with one attached hydrogen (secondary N) is 1. The van der Waals surface area contributed by atoms with Crippen LogP contribution in [0.25, 0.3) is 0 Å². The number of ether oxygens (including phenoxy) is 4. The van der Waals surface area contributed by atoms with Gasteiger partial charge in [-0.2, -0.15) is 0 Å². The fraction of sp³-hybridized carbons (Fsp3) is 0.622. The second-order valence-corrected chi connectivity index (χ2v) is 15.3. The maximum absolute atomic E-state index is 14.6. The molecule has 9 unspecified atom stereocenters. The van der Waals surface area contributed by atoms with Crippen LogP contribution in [0.15, 0.2) is 54.1 Å². The number of aliphatic hydroxyl groups is 5. The lowest BCUT2D eigenvalue weighted by molar-refractivity contribution is -0.343. The fourth-order valence-corrected chi connectivity index (χ4v) is 8.66. The highest BCUT2D eigenvalue weighted by Crippen LogP contribution is 2.63. The van der Waals surface area contributed by atoms with Gasteiger partial charge in [0.2, 0.25) is 0 Å². The Labute approximate surface area is 296 Å². The minimum absolute atomic E-state index is 0.0355. The molecule has 0 aromatic heterocycles. The van der Waals surface area contributed by atoms with Gasteiger partial charge in [-0.05, 0) is 43.0 Å². The first-order valence-electron chi connectivity index (χ1n) is 17.1. The number of carbonyl (C=O) groups excluding carboxylic acids is 4. The minimum atomic E-state index is -2.28. The lowest BCUT2D eigenvalue weighted by Crippen LogP contribution is -2.81. The lowest BCUT2D eigenvalue weighted by Gasteiger charge is -2.66. The van der Waals surface area contributed by atoms with Crippen molar-refractivity contribution >= 4 is 23.8 Å². The van der Waals surface area contributed by atoms with Crippen LogP contribution in [0, 0.1) is 22.7 Å². The van der Waals surface area contributed by atoms with Crippen LogP contribution in [0.3, 0.4) is 0 Å². The van der Waals surface area contributed by atoms with Gasteiger partial charge in [0.05, 0.1) is 35.8 Å². The smallest absolute Gasteiger partial charge is 0.407 e. The Hall–Kier alpha value is -3.66. The SMILES string of the molecule is C=CCOC(=O)NC(C(C)C)C(O)C(=O)OC1CC2(O)C(OC(=O)c3ccccc3)C3[C@]4(O)COC4CC(O)[C@@]3(C)C(=O)C(O)C(=C1C)C2(C)C. The molecule has 14 heteroatoms. The normalized spacial score (nSPS) is 36.6. The summed E-state index contributed by atoms with van der Waals surface area (Å²) in [6, 6.07) is 6.71. The summed E-state index contributed by atoms with van der Waals surface area (Å²) in [6.45, 7) is 12.3. The molecule has 51 heavy (non-hydrogen) atoms. The predicted octanol–water partition coefficient (Wildman–Crippen LogP) is 1.36. The standard InChI is InChI=1S/C37H49NO13/c1-8-14-48-33(45)38-25(18(2)3)27(41)32(44)50-21-16-37(47)30(51-31(43)20-12-10-9-11-13-20)28-35(7,22(39)15-23-36(28,46)17-49-23)29(42)26(40)24(19(21)4)34(37,5)6/h8-13,18,21-23,25-28,30,39-41,46-47H,1,14-17H2,2-7H3,(H,38,45)/t21?,22?,23?,25?,26?,27?,28?,30?,35-,36+,37?/m1/s1. The minimum Gasteiger partial charge on any atom is -0.456 e. The molecule has 3 fully saturated rings. The number of hydrogen-bond donors (Lipinski definition) is 6. The summed E-state index contributed by atoms with van der Waals surface area (Å²) in [6.07, 6.45) is -9.70. The summed E-state index contributed by atoms with van der Waals surface area (Å²) in [4.78, 5) is 54.3. The summed E-state index contributed by atoms with van der Waals surface area (Å²) < 4.78 is 22.6. The van der Waals surface area contributed by atoms with E-state index in [0.29, 0.717) is 0 Å². The molecule has 280 valence electrons. The predicted molar refractivity (Wildman–Crippen MR) is 179 cm³/mol. The number of alkyl carbamates (subject to hydrolysis) is 1. The van der Waals surface area contributed by atoms with Crippen molar-refractivity contribution in [2.24, 2.45) is 22.7 Å². The number of fused-ring (bicyclic) bond motifs is 5. The summed E-state index contributed by atoms with van der Waals surface area (Å²) in [5.41, 5.74) is -7.45. The van der Waals surface area contributed by atoms with Gasteiger partial charge in [-0.1, -0.05) is 58.5 Å². The molecule has 0 spiro atoms. The zero-order valence-corrected chi connectivity index (χ0v) is 29.7. The van der Waals surface area contributed by atoms with Gasteiger partial charge in [0, 0.05) is 24.2 Å². The molecule has 11 atom stereocenters. The van der Waals surface area contributed by atoms with Crippen LogP contribution in [0.5, 0.6) is 0 Å². The van der Waals surface area contributed by atoms with Crippen molar-refractivity contribution in [3.63, 3.8) is 0 Å². The largest absolute Gasteiger partial charge is 0.456 e. The number of esters is 2. The van der Waals surface area contributed by atoms with Gasteiger partial charge in [0.15, 0.2) is 11.9 Å². The second-order valence-electron chi connectivity index (χ2n) is 15.3. The first-order chi connectivity index (χ1) is 23.8. The summed E-state index contributed by atoms with van der Waals surface area (Å²) in [7, 11) is 0. The van der Waals surface area contributed by atoms with Crippen LogP contribution < -0.4 is 5.32 Å². The topological polar surface area (TPSA) is 218 Å². The third-order valence-electron chi connectivity index (χ3n) is 11.8. The van der Waals surface area contributed by atoms with E-state index in [0.717, 1.165) is 0 Å². The Morgan fingerprint density at radius 3 is 2.31 bits per heavy atom. The van der Waals surface area contributed by atoms with E-state index in [-0.39, 0.29) is 36.3 Å². The van der Waals surface area contributed by atoms with E-state index in [1.807, 2.05) is 0 Å². The first-order valence-corrected chi connectivity index (χ1v) is 17.1. The Morgan fingerprint density at radius 2 is 1.75 bits per heavy atom. The van der Waals surface area contributed by atoms with E-state index >= 15 is 0 Å². The average molecular weight is 716 g/mol. The molecule has 1 saturated heterocycles. The highest BCUT2D eigenvalue weighted by atomic mass is 16.6. The van der Waals surface area contributed by atoms with E-state index in [2.05, 4.69) is 11.9 Å². The van der Waals surface area contributed by atoms with Gasteiger partial charge in [-0.25, -0.2) is 14.4 Å². The van der Waals surface area contributed by atoms with Crippen molar-refractivity contribution in [3.05, 3.63) is 59.7 Å². The Morgan fingerprint density at radius 1 is 1.10 bits per heavy atom. The zero-order valence-electron chi connectivity index (χ0n) is 29.7. The Balaban J connectivity index is 1.63. The number of carbonyl (C=O) groups is 4. The summed E-state index contributed by atoms with van der Waals surface area (Å²) in [5.74, 6) is -4.98. The van der Waals surface area contributed by atoms with Gasteiger partial charge in [0.25, 0.3) is 0 Å². The van der Waals surface area contributed by atoms with E-state index in [9.17, 15) is 44.7 Å². The molecular weight excluding hydrogens is 666 g/mol. The van der Waals surface area contributed by atoms with Crippen molar-refractivity contribution in [1.82, 2.24) is 5.32 Å². The average Bonchev–Trinajstić information content (AvgIpc) is 3.08. The number of aliphatic hydroxyl groups excluding tert-OH is 3. The molecule has 3 aliphatic carbocycles. The Kier molecular flexibility index (Phi) is 10.4. The highest BCUT2D eigenvalue weighted by Gasteiger charge is 2.76. The van der Waals surface area contributed by atoms with Crippen LogP contribution in [-0.2, 0) is 28.5 Å². The molecule has 1 aromatic rings. The van der Waals surface area contributed by atoms with Gasteiger partial charge < -0.3 is 49.8 Å². The van der Waals surface area contributed by atoms with Crippen molar-refractivity contribution in [3.8, 4) is 0 Å². The van der Waals surface area contributed by atoms with Crippen LogP contribution in [0.1, 0.15) is 64.7 Å². The van der Waals surface area contributed by atoms with Crippen molar-refractivity contribution in [2.45, 2.75) is 108 Å². The molecule has 2 saturated carbocycles. The maximum atomic E-state index is 14.6. The van der Waals surface area contributed by atoms with Gasteiger partial charge >= 0.3 is 18.0 Å². The van der Waals surface area contributed by atoms with E-state index in [1.165, 1.54) is 32.1 Å². The number of rotatable bonds is 9. The maximum Gasteiger partial charge on any atom is 0.407 e. The molecule has 1 aliphatic heterocycles. The van der Waals surface area contributed by atoms with Gasteiger partial charge in [-0.15, -0.1) is 0 Å². The molecule has 1 amide bonds. The van der Waals surface area contributed by atoms with Gasteiger partial charge in [-0.3, -0.25) is 4.79 Å². The molecule has 0 radical (unpaired) electrons. The van der Waals surface area contributed by atoms with Crippen molar-refractivity contribution in [1.29, 1.82) is 0 Å². The Bertz CT molecular complexity index is 1590. The molecule has 1 heterocycles. The van der Waals surface area contributed by atoms with Crippen LogP contribution >= 0.6 is 0 Å². The molecule has 2 bridgehead atoms. The van der Waals surface area contributed by atoms with E-state index in [4.69, 9.17) is 18.9 Å². The quantitative estimate of drug-likeness (QED) is 0.121. The number of Topliss-reactive ketones (excluding diaryl/α,β-unsaturated/α-hetero) is 1. The molecule has 14 nitrogen and oxygen atoms in total. The summed E-state index contributed by atoms with van der Waals surface area (Å²) in [5, 5.41) is 62.4. The highest BCUT2D eigenvalue weighted by molar-refractivity contribution is 5.94. The molecular formula is C37H49NO13. The second kappa shape index (κ2) is 13.7. The van der Waals surface area contributed by atoms with Crippen LogP contribution in [0.4, 0.5) is 4.79 Å². The van der Waals surface area contributed by atoms with Crippen molar-refractivity contribution < 1.29 is 63.7 Å². The van der Waals surface area contributed by atoms with E-state index in [1.54, 1.807) is 45.9 Å². The molecule has 1 aromatic carbocycles. The fourth-order valence-electron chi connectivity index (χ4n) is 8.66. The molecule has 4 aliphatic rings. The van der Waals surface area contributed by atoms with Crippen LogP contribution in [-0.4, -0.2) is 116 Å². The number of amides is 1. The third kappa shape index (κ3) is 6.09. The number of benzene rings is 1. The zero-order chi connectivity index (χ0) is 37.8. The van der Waals surface area contributed by atoms with E-state index < -0.39 is 107 Å². The number of ketones is 1. The molecule has 5 rings (SSSR count).